The summed E-state index contributed by atoms with van der Waals surface area (Å²) in [6, 6.07) is 15.3. The molecule has 2 saturated carbocycles. The van der Waals surface area contributed by atoms with Gasteiger partial charge in [-0.3, -0.25) is 48.6 Å². The second-order valence-corrected chi connectivity index (χ2v) is 26.5. The van der Waals surface area contributed by atoms with E-state index in [1.54, 1.807) is 31.5 Å². The Morgan fingerprint density at radius 1 is 0.739 bits per heavy atom. The number of hydrogen-bond donors (Lipinski definition) is 4. The summed E-state index contributed by atoms with van der Waals surface area (Å²) in [4.78, 5) is 128. The monoisotopic (exact) mass is 1200 g/mol. The average molecular weight is 1200 g/mol. The van der Waals surface area contributed by atoms with Gasteiger partial charge in [0.2, 0.25) is 29.5 Å². The smallest absolute Gasteiger partial charge is 0.264 e. The lowest BCUT2D eigenvalue weighted by Crippen LogP contribution is -2.58. The van der Waals surface area contributed by atoms with Crippen LogP contribution < -0.4 is 26.2 Å². The number of aryl methyl sites for hydroxylation is 1. The van der Waals surface area contributed by atoms with Crippen molar-refractivity contribution in [2.45, 2.75) is 173 Å². The number of rotatable bonds is 13. The molecule has 0 bridgehead atoms. The van der Waals surface area contributed by atoms with Crippen LogP contribution in [0.3, 0.4) is 0 Å². The van der Waals surface area contributed by atoms with E-state index in [0.29, 0.717) is 123 Å². The number of carbonyl (C=O) groups excluding carboxylic acids is 8. The van der Waals surface area contributed by atoms with Crippen molar-refractivity contribution >= 4 is 81.2 Å². The summed E-state index contributed by atoms with van der Waals surface area (Å²) in [5, 5.41) is 11.9. The standard InChI is InChI=1S/C67H79FN12O8/c1-37(2)70-60(82)47-34-52(49(68)30-39(47)5)73-59-58-53(69-36-78(58)38(3)4)35-51(72-59)42-14-17-48-55(31-42)79(45-32-44(33-45)75-24-7-6-8-25-75)66(88)67(48)22-28-77(29-23-67)63(85)41-20-26-76(27-21-41)62(84)40-12-15-43(16-13-40)71-50-11-9-10-46-57(50)65(87)80(64(46)86)54-18-19-56(81)74-61(54)83/h9-11,14,17,30-31,34-38,40-41,43-45,54,71H,6-8,12-13,15-16,18-29,32-33H2,1-5H3,(H,70,82)(H,72,73)(H,74,81,83)/t40-,43-,44-,45+,54?. The number of nitrogens with one attached hydrogen (secondary N) is 4. The van der Waals surface area contributed by atoms with E-state index in [-0.39, 0.29) is 89.3 Å². The first-order valence-electron chi connectivity index (χ1n) is 32.0. The van der Waals surface area contributed by atoms with E-state index < -0.39 is 40.9 Å². The number of anilines is 4. The van der Waals surface area contributed by atoms with Crippen LogP contribution in [-0.4, -0.2) is 151 Å². The number of halogens is 1. The lowest BCUT2D eigenvalue weighted by molar-refractivity contribution is -0.144. The zero-order valence-corrected chi connectivity index (χ0v) is 51.0. The van der Waals surface area contributed by atoms with Crippen LogP contribution in [0.25, 0.3) is 22.3 Å². The maximum Gasteiger partial charge on any atom is 0.264 e. The minimum Gasteiger partial charge on any atom is -0.382 e. The quantitative estimate of drug-likeness (QED) is 0.0811. The van der Waals surface area contributed by atoms with Crippen LogP contribution in [0, 0.1) is 24.6 Å². The van der Waals surface area contributed by atoms with Gasteiger partial charge in [-0.05, 0) is 179 Å². The largest absolute Gasteiger partial charge is 0.382 e. The van der Waals surface area contributed by atoms with Gasteiger partial charge in [0.1, 0.15) is 17.4 Å². The Morgan fingerprint density at radius 3 is 2.14 bits per heavy atom. The van der Waals surface area contributed by atoms with Gasteiger partial charge in [0.05, 0.1) is 39.8 Å². The fraction of sp³-hybridized carbons (Fsp3) is 0.522. The van der Waals surface area contributed by atoms with Crippen molar-refractivity contribution in [2.24, 2.45) is 11.8 Å². The van der Waals surface area contributed by atoms with Crippen LogP contribution in [0.1, 0.15) is 172 Å². The highest BCUT2D eigenvalue weighted by Crippen LogP contribution is 2.53. The molecule has 2 aromatic heterocycles. The SMILES string of the molecule is Cc1cc(F)c(Nc2nc(-c3ccc4c(c3)N([C@H]3C[C@@H](N5CCCCC5)C3)C(=O)C43CCN(C(=O)C4CCN(C(=O)[C@H]5CC[C@H](Nc6cccc7c6C(=O)N(C6CCC(=O)NC6=O)C7=O)CC5)CC4)CC3)cc3ncn(C(C)C)c23)cc1C(=O)NC(C)C. The minimum atomic E-state index is -1.05. The number of hydrogen-bond acceptors (Lipinski definition) is 13. The number of fused-ring (bicyclic) bond motifs is 4. The maximum absolute atomic E-state index is 16.0. The number of pyridine rings is 1. The topological polar surface area (TPSA) is 232 Å². The van der Waals surface area contributed by atoms with Crippen molar-refractivity contribution in [3.63, 3.8) is 0 Å². The molecule has 0 radical (unpaired) electrons. The first-order valence-corrected chi connectivity index (χ1v) is 32.0. The van der Waals surface area contributed by atoms with Crippen molar-refractivity contribution in [1.29, 1.82) is 0 Å². The molecule has 4 saturated heterocycles. The highest BCUT2D eigenvalue weighted by atomic mass is 19.1. The number of imidazole rings is 1. The lowest BCUT2D eigenvalue weighted by Gasteiger charge is -2.48. The van der Waals surface area contributed by atoms with Gasteiger partial charge in [0.15, 0.2) is 5.82 Å². The summed E-state index contributed by atoms with van der Waals surface area (Å²) >= 11 is 0. The first kappa shape index (κ1) is 58.9. The van der Waals surface area contributed by atoms with Gasteiger partial charge in [-0.15, -0.1) is 0 Å². The van der Waals surface area contributed by atoms with Crippen LogP contribution in [0.5, 0.6) is 0 Å². The van der Waals surface area contributed by atoms with E-state index in [1.165, 1.54) is 31.4 Å². The number of carbonyl (C=O) groups is 8. The summed E-state index contributed by atoms with van der Waals surface area (Å²) in [5.74, 6) is -2.79. The number of benzene rings is 3. The number of nitrogens with zero attached hydrogens (tertiary/aromatic N) is 8. The second-order valence-electron chi connectivity index (χ2n) is 26.5. The van der Waals surface area contributed by atoms with E-state index in [9.17, 15) is 33.6 Å². The Bertz CT molecular complexity index is 3680. The number of amides is 8. The third-order valence-corrected chi connectivity index (χ3v) is 20.4. The number of aromatic nitrogens is 3. The van der Waals surface area contributed by atoms with Crippen molar-refractivity contribution in [3.8, 4) is 11.3 Å². The molecular formula is C67H79FN12O8. The minimum absolute atomic E-state index is 0.00136. The Kier molecular flexibility index (Phi) is 15.7. The molecule has 13 rings (SSSR count). The van der Waals surface area contributed by atoms with E-state index in [4.69, 9.17) is 9.97 Å². The molecule has 8 aliphatic rings. The van der Waals surface area contributed by atoms with E-state index >= 15 is 9.18 Å². The summed E-state index contributed by atoms with van der Waals surface area (Å²) < 4.78 is 18.0. The molecule has 5 aromatic rings. The predicted molar refractivity (Wildman–Crippen MR) is 329 cm³/mol. The van der Waals surface area contributed by atoms with Gasteiger partial charge in [-0.2, -0.15) is 0 Å². The van der Waals surface area contributed by atoms with Crippen molar-refractivity contribution < 1.29 is 42.7 Å². The van der Waals surface area contributed by atoms with Gasteiger partial charge in [-0.25, -0.2) is 14.4 Å². The molecule has 1 atom stereocenters. The predicted octanol–water partition coefficient (Wildman–Crippen LogP) is 8.54. The van der Waals surface area contributed by atoms with Gasteiger partial charge in [-0.1, -0.05) is 24.6 Å². The van der Waals surface area contributed by atoms with Gasteiger partial charge >= 0.3 is 0 Å². The van der Waals surface area contributed by atoms with Crippen LogP contribution in [-0.2, 0) is 29.4 Å². The van der Waals surface area contributed by atoms with E-state index in [2.05, 4.69) is 43.2 Å². The Balaban J connectivity index is 0.676. The maximum atomic E-state index is 16.0. The van der Waals surface area contributed by atoms with E-state index in [0.717, 1.165) is 47.6 Å². The van der Waals surface area contributed by atoms with Crippen LogP contribution in [0.4, 0.5) is 27.3 Å². The summed E-state index contributed by atoms with van der Waals surface area (Å²) in [5.41, 5.74) is 5.64. The highest BCUT2D eigenvalue weighted by molar-refractivity contribution is 6.25. The molecule has 6 fully saturated rings. The molecule has 4 N–H and O–H groups in total. The summed E-state index contributed by atoms with van der Waals surface area (Å²) in [6.45, 7) is 13.6. The number of imide groups is 2. The fourth-order valence-electron chi connectivity index (χ4n) is 15.4. The van der Waals surface area contributed by atoms with Crippen molar-refractivity contribution in [2.75, 3.05) is 54.8 Å². The Labute approximate surface area is 511 Å². The first-order chi connectivity index (χ1) is 42.3. The summed E-state index contributed by atoms with van der Waals surface area (Å²) in [6.07, 6.45) is 12.0. The number of likely N-dealkylation sites (tertiary alicyclic amines) is 3. The Morgan fingerprint density at radius 2 is 1.44 bits per heavy atom. The number of piperidine rings is 4. The normalized spacial score (nSPS) is 24.1. The van der Waals surface area contributed by atoms with Gasteiger partial charge in [0, 0.05) is 97.1 Å². The molecule has 88 heavy (non-hydrogen) atoms. The average Bonchev–Trinajstić information content (AvgIpc) is 1.57. The molecule has 6 aliphatic heterocycles. The van der Waals surface area contributed by atoms with Crippen molar-refractivity contribution in [3.05, 3.63) is 94.6 Å². The van der Waals surface area contributed by atoms with Crippen molar-refractivity contribution in [1.82, 2.24) is 44.8 Å². The third-order valence-electron chi connectivity index (χ3n) is 20.4. The van der Waals surface area contributed by atoms with Crippen LogP contribution in [0.15, 0.2) is 60.9 Å². The molecule has 8 amide bonds. The van der Waals surface area contributed by atoms with Gasteiger partial charge < -0.3 is 40.1 Å². The zero-order valence-electron chi connectivity index (χ0n) is 51.0. The lowest BCUT2D eigenvalue weighted by atomic mass is 9.73. The third kappa shape index (κ3) is 10.6. The molecule has 1 unspecified atom stereocenters. The molecule has 1 spiro atoms. The summed E-state index contributed by atoms with van der Waals surface area (Å²) in [7, 11) is 0. The fourth-order valence-corrected chi connectivity index (χ4v) is 15.4. The zero-order chi connectivity index (χ0) is 61.4. The molecular weight excluding hydrogens is 1120 g/mol. The molecule has 2 aliphatic carbocycles. The van der Waals surface area contributed by atoms with Crippen LogP contribution >= 0.6 is 0 Å². The molecule has 462 valence electrons. The van der Waals surface area contributed by atoms with Gasteiger partial charge in [0.25, 0.3) is 17.7 Å². The Hall–Kier alpha value is -8.07. The second kappa shape index (κ2) is 23.5. The molecule has 3 aromatic carbocycles. The van der Waals surface area contributed by atoms with E-state index in [1.807, 2.05) is 54.2 Å². The molecule has 21 heteroatoms. The molecule has 8 heterocycles. The highest BCUT2D eigenvalue weighted by Gasteiger charge is 2.56. The molecule has 20 nitrogen and oxygen atoms in total. The van der Waals surface area contributed by atoms with Crippen LogP contribution in [0.2, 0.25) is 0 Å².